The van der Waals surface area contributed by atoms with Crippen LogP contribution in [0.5, 0.6) is 0 Å². The summed E-state index contributed by atoms with van der Waals surface area (Å²) >= 11 is 7.79. The van der Waals surface area contributed by atoms with Crippen molar-refractivity contribution in [2.75, 3.05) is 5.32 Å². The molecule has 2 N–H and O–H groups in total. The maximum absolute atomic E-state index is 6.10. The van der Waals surface area contributed by atoms with Gasteiger partial charge in [0.15, 0.2) is 5.82 Å². The van der Waals surface area contributed by atoms with Crippen LogP contribution in [0, 0.1) is 0 Å². The monoisotopic (exact) mass is 378 g/mol. The predicted octanol–water partition coefficient (Wildman–Crippen LogP) is 5.03. The lowest BCUT2D eigenvalue weighted by Crippen LogP contribution is -1.95. The Morgan fingerprint density at radius 1 is 1.04 bits per heavy atom. The molecule has 0 aliphatic rings. The van der Waals surface area contributed by atoms with Crippen molar-refractivity contribution in [2.24, 2.45) is 0 Å². The number of rotatable bonds is 3. The van der Waals surface area contributed by atoms with Crippen LogP contribution in [0.1, 0.15) is 0 Å². The molecule has 0 saturated heterocycles. The van der Waals surface area contributed by atoms with Crippen LogP contribution in [0.2, 0.25) is 5.02 Å². The summed E-state index contributed by atoms with van der Waals surface area (Å²) < 4.78 is 1.18. The summed E-state index contributed by atoms with van der Waals surface area (Å²) in [5, 5.41) is 22.3. The van der Waals surface area contributed by atoms with Gasteiger partial charge in [-0.1, -0.05) is 29.8 Å². The van der Waals surface area contributed by atoms with Crippen molar-refractivity contribution in [1.82, 2.24) is 25.6 Å². The standard InChI is InChI=1S/C18H11ClN6S/c19-11-2-1-3-12(9-11)20-18-14-6-7-26-16(14)13-5-4-10(8-15(13)21-18)17-22-24-25-23-17/h1-9H,(H,20,21)(H,22,23,24,25). The van der Waals surface area contributed by atoms with Crippen LogP contribution < -0.4 is 5.32 Å². The Morgan fingerprint density at radius 3 is 2.85 bits per heavy atom. The second kappa shape index (κ2) is 6.05. The SMILES string of the molecule is Clc1cccc(Nc2nc3cc(-c4nnn[nH]4)ccc3c3sccc23)c1. The number of nitrogens with zero attached hydrogens (tertiary/aromatic N) is 4. The molecule has 5 aromatic rings. The molecule has 126 valence electrons. The first-order valence-corrected chi connectivity index (χ1v) is 9.11. The molecule has 0 aliphatic heterocycles. The molecule has 26 heavy (non-hydrogen) atoms. The lowest BCUT2D eigenvalue weighted by molar-refractivity contribution is 0.881. The number of aromatic amines is 1. The average molecular weight is 379 g/mol. The molecule has 3 aromatic heterocycles. The van der Waals surface area contributed by atoms with Crippen LogP contribution in [-0.4, -0.2) is 25.6 Å². The number of benzene rings is 2. The molecule has 0 bridgehead atoms. The fourth-order valence-electron chi connectivity index (χ4n) is 2.93. The molecule has 5 rings (SSSR count). The smallest absolute Gasteiger partial charge is 0.179 e. The molecule has 3 heterocycles. The molecule has 8 heteroatoms. The second-order valence-corrected chi connectivity index (χ2v) is 7.09. The van der Waals surface area contributed by atoms with E-state index in [-0.39, 0.29) is 0 Å². The molecule has 0 fully saturated rings. The zero-order valence-corrected chi connectivity index (χ0v) is 14.8. The first-order chi connectivity index (χ1) is 12.8. The molecule has 0 spiro atoms. The molecule has 2 aromatic carbocycles. The number of aromatic nitrogens is 5. The normalized spacial score (nSPS) is 11.3. The van der Waals surface area contributed by atoms with Crippen LogP contribution in [0.25, 0.3) is 32.4 Å². The first-order valence-electron chi connectivity index (χ1n) is 7.85. The van der Waals surface area contributed by atoms with Gasteiger partial charge < -0.3 is 5.32 Å². The van der Waals surface area contributed by atoms with E-state index < -0.39 is 0 Å². The van der Waals surface area contributed by atoms with E-state index in [2.05, 4.69) is 43.5 Å². The maximum atomic E-state index is 6.10. The van der Waals surface area contributed by atoms with E-state index in [1.54, 1.807) is 11.3 Å². The molecule has 0 radical (unpaired) electrons. The van der Waals surface area contributed by atoms with Crippen LogP contribution in [0.4, 0.5) is 11.5 Å². The molecule has 0 atom stereocenters. The van der Waals surface area contributed by atoms with Gasteiger partial charge in [0.2, 0.25) is 0 Å². The molecule has 6 nitrogen and oxygen atoms in total. The largest absolute Gasteiger partial charge is 0.340 e. The van der Waals surface area contributed by atoms with Crippen molar-refractivity contribution in [3.05, 3.63) is 58.9 Å². The van der Waals surface area contributed by atoms with Crippen molar-refractivity contribution in [3.8, 4) is 11.4 Å². The van der Waals surface area contributed by atoms with Crippen molar-refractivity contribution < 1.29 is 0 Å². The zero-order chi connectivity index (χ0) is 17.5. The molecule has 0 unspecified atom stereocenters. The lowest BCUT2D eigenvalue weighted by Gasteiger charge is -2.10. The number of hydrogen-bond acceptors (Lipinski definition) is 6. The Labute approximate surface area is 156 Å². The van der Waals surface area contributed by atoms with Gasteiger partial charge in [-0.3, -0.25) is 0 Å². The topological polar surface area (TPSA) is 79.4 Å². The van der Waals surface area contributed by atoms with E-state index in [1.165, 1.54) is 4.70 Å². The number of anilines is 2. The number of tetrazole rings is 1. The zero-order valence-electron chi connectivity index (χ0n) is 13.3. The van der Waals surface area contributed by atoms with Gasteiger partial charge in [0, 0.05) is 31.7 Å². The summed E-state index contributed by atoms with van der Waals surface area (Å²) in [4.78, 5) is 4.84. The van der Waals surface area contributed by atoms with Crippen molar-refractivity contribution in [3.63, 3.8) is 0 Å². The third kappa shape index (κ3) is 2.58. The third-order valence-corrected chi connectivity index (χ3v) is 5.28. The highest BCUT2D eigenvalue weighted by Gasteiger charge is 2.12. The summed E-state index contributed by atoms with van der Waals surface area (Å²) in [5.41, 5.74) is 2.66. The molecule has 0 aliphatic carbocycles. The van der Waals surface area contributed by atoms with Crippen molar-refractivity contribution in [1.29, 1.82) is 0 Å². The second-order valence-electron chi connectivity index (χ2n) is 5.74. The summed E-state index contributed by atoms with van der Waals surface area (Å²) in [5.74, 6) is 1.41. The maximum Gasteiger partial charge on any atom is 0.179 e. The van der Waals surface area contributed by atoms with E-state index in [4.69, 9.17) is 16.6 Å². The average Bonchev–Trinajstić information content (AvgIpc) is 3.33. The van der Waals surface area contributed by atoms with E-state index >= 15 is 0 Å². The highest BCUT2D eigenvalue weighted by atomic mass is 35.5. The summed E-state index contributed by atoms with van der Waals surface area (Å²) in [6.45, 7) is 0. The van der Waals surface area contributed by atoms with E-state index in [1.807, 2.05) is 36.4 Å². The number of pyridine rings is 1. The summed E-state index contributed by atoms with van der Waals surface area (Å²) in [6, 6.07) is 15.7. The van der Waals surface area contributed by atoms with Gasteiger partial charge in [0.05, 0.1) is 5.52 Å². The van der Waals surface area contributed by atoms with Crippen LogP contribution >= 0.6 is 22.9 Å². The fourth-order valence-corrected chi connectivity index (χ4v) is 4.05. The minimum atomic E-state index is 0.615. The molecule has 0 amide bonds. The highest BCUT2D eigenvalue weighted by molar-refractivity contribution is 7.18. The van der Waals surface area contributed by atoms with Gasteiger partial charge >= 0.3 is 0 Å². The Balaban J connectivity index is 1.69. The van der Waals surface area contributed by atoms with Crippen molar-refractivity contribution in [2.45, 2.75) is 0 Å². The Hall–Kier alpha value is -3.03. The number of nitrogens with one attached hydrogen (secondary N) is 2. The van der Waals surface area contributed by atoms with Gasteiger partial charge in [0.1, 0.15) is 5.82 Å². The van der Waals surface area contributed by atoms with Gasteiger partial charge in [-0.05, 0) is 46.1 Å². The number of hydrogen-bond donors (Lipinski definition) is 2. The molecular formula is C18H11ClN6S. The number of H-pyrrole nitrogens is 1. The van der Waals surface area contributed by atoms with Gasteiger partial charge in [-0.25, -0.2) is 10.1 Å². The summed E-state index contributed by atoms with van der Waals surface area (Å²) in [6.07, 6.45) is 0. The highest BCUT2D eigenvalue weighted by Crippen LogP contribution is 2.36. The Kier molecular flexibility index (Phi) is 3.55. The van der Waals surface area contributed by atoms with E-state index in [0.29, 0.717) is 10.8 Å². The van der Waals surface area contributed by atoms with Crippen LogP contribution in [0.3, 0.4) is 0 Å². The van der Waals surface area contributed by atoms with Crippen LogP contribution in [0.15, 0.2) is 53.9 Å². The fraction of sp³-hybridized carbons (Fsp3) is 0. The molecular weight excluding hydrogens is 368 g/mol. The Morgan fingerprint density at radius 2 is 2.00 bits per heavy atom. The third-order valence-electron chi connectivity index (χ3n) is 4.10. The van der Waals surface area contributed by atoms with Gasteiger partial charge in [0.25, 0.3) is 0 Å². The predicted molar refractivity (Wildman–Crippen MR) is 105 cm³/mol. The quantitative estimate of drug-likeness (QED) is 0.460. The van der Waals surface area contributed by atoms with Crippen molar-refractivity contribution >= 4 is 55.4 Å². The minimum Gasteiger partial charge on any atom is -0.340 e. The molecule has 0 saturated carbocycles. The number of halogens is 1. The summed E-state index contributed by atoms with van der Waals surface area (Å²) in [7, 11) is 0. The van der Waals surface area contributed by atoms with Gasteiger partial charge in [-0.15, -0.1) is 16.4 Å². The number of fused-ring (bicyclic) bond motifs is 3. The van der Waals surface area contributed by atoms with E-state index in [9.17, 15) is 0 Å². The van der Waals surface area contributed by atoms with E-state index in [0.717, 1.165) is 33.4 Å². The van der Waals surface area contributed by atoms with Crippen LogP contribution in [-0.2, 0) is 0 Å². The minimum absolute atomic E-state index is 0.615. The first kappa shape index (κ1) is 15.2. The van der Waals surface area contributed by atoms with Gasteiger partial charge in [-0.2, -0.15) is 0 Å². The number of thiophene rings is 1. The lowest BCUT2D eigenvalue weighted by atomic mass is 10.1. The Bertz CT molecular complexity index is 1230.